The number of ether oxygens (including phenoxy) is 2. The zero-order valence-corrected chi connectivity index (χ0v) is 36.8. The van der Waals surface area contributed by atoms with Crippen LogP contribution in [0.5, 0.6) is 17.2 Å². The average molecular weight is 905 g/mol. The van der Waals surface area contributed by atoms with E-state index in [1.807, 2.05) is 18.2 Å². The van der Waals surface area contributed by atoms with E-state index in [0.717, 1.165) is 61.1 Å². The Balaban J connectivity index is 0.955. The van der Waals surface area contributed by atoms with Gasteiger partial charge in [-0.2, -0.15) is 0 Å². The molecular weight excluding hydrogens is 859 g/mol. The number of aromatic nitrogens is 2. The number of carbonyl (C=O) groups excluding carboxylic acids is 1. The van der Waals surface area contributed by atoms with Gasteiger partial charge < -0.3 is 19.4 Å². The van der Waals surface area contributed by atoms with Crippen molar-refractivity contribution in [2.45, 2.75) is 50.3 Å². The summed E-state index contributed by atoms with van der Waals surface area (Å²) in [6.07, 6.45) is 6.53. The molecule has 0 saturated carbocycles. The summed E-state index contributed by atoms with van der Waals surface area (Å²) in [5, 5.41) is 13.8. The van der Waals surface area contributed by atoms with E-state index in [1.54, 1.807) is 36.5 Å². The fourth-order valence-electron chi connectivity index (χ4n) is 8.94. The van der Waals surface area contributed by atoms with Crippen LogP contribution in [0.4, 0.5) is 15.8 Å². The molecule has 6 aromatic rings. The second-order valence-corrected chi connectivity index (χ2v) is 19.6. The maximum atomic E-state index is 14.0. The van der Waals surface area contributed by atoms with Gasteiger partial charge in [-0.1, -0.05) is 55.3 Å². The molecule has 4 aromatic carbocycles. The molecule has 1 amide bonds. The number of hydrogen-bond donors (Lipinski definition) is 2. The van der Waals surface area contributed by atoms with E-state index in [9.17, 15) is 27.7 Å². The highest BCUT2D eigenvalue weighted by molar-refractivity contribution is 7.90. The predicted octanol–water partition coefficient (Wildman–Crippen LogP) is 9.68. The van der Waals surface area contributed by atoms with E-state index < -0.39 is 43.2 Å². The minimum absolute atomic E-state index is 0.00258. The Morgan fingerprint density at radius 2 is 1.84 bits per heavy atom. The molecule has 0 bridgehead atoms. The molecule has 2 aromatic heterocycles. The molecular formula is C48H46ClFN6O7S. The van der Waals surface area contributed by atoms with Gasteiger partial charge in [0.2, 0.25) is 0 Å². The first-order valence-corrected chi connectivity index (χ1v) is 23.0. The van der Waals surface area contributed by atoms with Gasteiger partial charge in [0.25, 0.3) is 21.6 Å². The summed E-state index contributed by atoms with van der Waals surface area (Å²) in [7, 11) is -4.69. The minimum Gasteiger partial charge on any atom is -0.492 e. The molecule has 1 atom stereocenters. The van der Waals surface area contributed by atoms with Crippen LogP contribution < -0.4 is 19.1 Å². The number of pyridine rings is 1. The monoisotopic (exact) mass is 904 g/mol. The number of piperazine rings is 1. The minimum atomic E-state index is -4.69. The Bertz CT molecular complexity index is 2930. The smallest absolute Gasteiger partial charge is 0.277 e. The maximum absolute atomic E-state index is 14.0. The van der Waals surface area contributed by atoms with Crippen molar-refractivity contribution in [1.82, 2.24) is 19.6 Å². The standard InChI is InChI=1S/C48H46ClFN6O7S/c1-48(2)14-12-33(42(26-48)30-6-8-35(49)9-7-30)28-54-16-18-55(19-17-54)37-10-11-40(45(23-37)63-38-21-32-13-15-51-46(32)52-27-38)47(57)53-64(60,61)39-24-43(56(58)59)41-22-34(29-62-44(41)25-39)31-4-3-5-36(50)20-31/h3-11,13,15,20-21,23-25,27,34H,12,14,16-19,22,26,28-29H2,1-2H3,(H,51,52)(H,53,57)/t34-/m1/s1. The van der Waals surface area contributed by atoms with Crippen molar-refractivity contribution in [3.63, 3.8) is 0 Å². The number of sulfonamides is 1. The molecule has 9 rings (SSSR count). The Morgan fingerprint density at radius 1 is 1.05 bits per heavy atom. The summed E-state index contributed by atoms with van der Waals surface area (Å²) in [5.74, 6) is -1.44. The third-order valence-electron chi connectivity index (χ3n) is 12.4. The van der Waals surface area contributed by atoms with Gasteiger partial charge in [-0.25, -0.2) is 22.5 Å². The Kier molecular flexibility index (Phi) is 11.7. The average Bonchev–Trinajstić information content (AvgIpc) is 3.75. The van der Waals surface area contributed by atoms with Crippen molar-refractivity contribution < 1.29 is 32.0 Å². The summed E-state index contributed by atoms with van der Waals surface area (Å²) in [6.45, 7) is 8.56. The lowest BCUT2D eigenvalue weighted by atomic mass is 9.72. The number of hydrogen-bond acceptors (Lipinski definition) is 10. The molecule has 3 aliphatic rings. The van der Waals surface area contributed by atoms with E-state index in [1.165, 1.54) is 47.2 Å². The Hall–Kier alpha value is -6.29. The highest BCUT2D eigenvalue weighted by atomic mass is 35.5. The molecule has 13 nitrogen and oxygen atoms in total. The summed E-state index contributed by atoms with van der Waals surface area (Å²) in [5.41, 5.74) is 5.91. The summed E-state index contributed by atoms with van der Waals surface area (Å²) in [4.78, 5) is 37.3. The normalized spacial score (nSPS) is 17.8. The molecule has 64 heavy (non-hydrogen) atoms. The largest absolute Gasteiger partial charge is 0.492 e. The number of amides is 1. The van der Waals surface area contributed by atoms with Crippen molar-refractivity contribution in [3.05, 3.63) is 152 Å². The third-order valence-corrected chi connectivity index (χ3v) is 14.0. The number of halogens is 2. The number of rotatable bonds is 11. The fourth-order valence-corrected chi connectivity index (χ4v) is 10.1. The van der Waals surface area contributed by atoms with Crippen LogP contribution in [0.3, 0.4) is 0 Å². The van der Waals surface area contributed by atoms with E-state index in [2.05, 4.69) is 50.5 Å². The van der Waals surface area contributed by atoms with Gasteiger partial charge in [0.15, 0.2) is 0 Å². The lowest BCUT2D eigenvalue weighted by molar-refractivity contribution is -0.386. The highest BCUT2D eigenvalue weighted by Crippen LogP contribution is 2.44. The van der Waals surface area contributed by atoms with Gasteiger partial charge in [0.1, 0.15) is 28.7 Å². The molecule has 1 fully saturated rings. The Morgan fingerprint density at radius 3 is 2.61 bits per heavy atom. The molecule has 0 spiro atoms. The molecule has 2 N–H and O–H groups in total. The number of aromatic amines is 1. The van der Waals surface area contributed by atoms with Crippen molar-refractivity contribution in [1.29, 1.82) is 0 Å². The molecule has 0 radical (unpaired) electrons. The first kappa shape index (κ1) is 43.0. The fraction of sp³-hybridized carbons (Fsp3) is 0.292. The maximum Gasteiger partial charge on any atom is 0.277 e. The lowest BCUT2D eigenvalue weighted by Gasteiger charge is -2.39. The van der Waals surface area contributed by atoms with Crippen molar-refractivity contribution in [2.24, 2.45) is 5.41 Å². The molecule has 2 aliphatic heterocycles. The van der Waals surface area contributed by atoms with Crippen LogP contribution in [0.25, 0.3) is 16.6 Å². The van der Waals surface area contributed by atoms with E-state index in [0.29, 0.717) is 30.0 Å². The van der Waals surface area contributed by atoms with Crippen LogP contribution in [-0.2, 0) is 16.4 Å². The van der Waals surface area contributed by atoms with Gasteiger partial charge in [0.05, 0.1) is 33.7 Å². The number of nitro benzene ring substituents is 1. The molecule has 1 aliphatic carbocycles. The van der Waals surface area contributed by atoms with Gasteiger partial charge in [0, 0.05) is 79.1 Å². The number of benzene rings is 4. The van der Waals surface area contributed by atoms with Crippen LogP contribution in [0, 0.1) is 21.3 Å². The predicted molar refractivity (Wildman–Crippen MR) is 243 cm³/mol. The number of fused-ring (bicyclic) bond motifs is 2. The highest BCUT2D eigenvalue weighted by Gasteiger charge is 2.34. The van der Waals surface area contributed by atoms with E-state index >= 15 is 0 Å². The molecule has 4 heterocycles. The second kappa shape index (κ2) is 17.4. The van der Waals surface area contributed by atoms with Gasteiger partial charge in [-0.15, -0.1) is 0 Å². The van der Waals surface area contributed by atoms with Crippen LogP contribution in [0.2, 0.25) is 5.02 Å². The van der Waals surface area contributed by atoms with Crippen molar-refractivity contribution in [2.75, 3.05) is 44.2 Å². The van der Waals surface area contributed by atoms with Crippen molar-refractivity contribution in [3.8, 4) is 17.2 Å². The zero-order chi connectivity index (χ0) is 44.8. The first-order chi connectivity index (χ1) is 30.7. The molecule has 0 unspecified atom stereocenters. The SMILES string of the molecule is CC1(C)CCC(CN2CCN(c3ccc(C(=O)NS(=O)(=O)c4cc5c(c([N+](=O)[O-])c4)C[C@@H](c4cccc(F)c4)CO5)c(Oc4cnc5[nH]ccc5c4)c3)CC2)=C(c2ccc(Cl)cc2)C1. The number of nitro groups is 1. The number of H-pyrrole nitrogens is 1. The topological polar surface area (TPSA) is 160 Å². The van der Waals surface area contributed by atoms with E-state index in [-0.39, 0.29) is 41.1 Å². The quantitative estimate of drug-likeness (QED) is 0.0947. The van der Waals surface area contributed by atoms with Gasteiger partial charge in [-0.3, -0.25) is 19.8 Å². The van der Waals surface area contributed by atoms with Crippen molar-refractivity contribution >= 4 is 55.5 Å². The number of anilines is 1. The van der Waals surface area contributed by atoms with Gasteiger partial charge >= 0.3 is 0 Å². The third kappa shape index (κ3) is 9.19. The molecule has 330 valence electrons. The molecule has 16 heteroatoms. The summed E-state index contributed by atoms with van der Waals surface area (Å²) < 4.78 is 56.1. The van der Waals surface area contributed by atoms with E-state index in [4.69, 9.17) is 21.1 Å². The Labute approximate surface area is 375 Å². The van der Waals surface area contributed by atoms with Gasteiger partial charge in [-0.05, 0) is 96.3 Å². The molecule has 1 saturated heterocycles. The zero-order valence-electron chi connectivity index (χ0n) is 35.3. The van der Waals surface area contributed by atoms with Crippen LogP contribution >= 0.6 is 11.6 Å². The summed E-state index contributed by atoms with van der Waals surface area (Å²) >= 11 is 6.24. The van der Waals surface area contributed by atoms with Crippen LogP contribution in [-0.4, -0.2) is 73.4 Å². The lowest BCUT2D eigenvalue weighted by Crippen LogP contribution is -2.47. The number of allylic oxidation sites excluding steroid dienone is 1. The summed E-state index contributed by atoms with van der Waals surface area (Å²) in [6, 6.07) is 24.7. The number of nitrogens with one attached hydrogen (secondary N) is 2. The van der Waals surface area contributed by atoms with Crippen LogP contribution in [0.15, 0.2) is 114 Å². The number of carbonyl (C=O) groups is 1. The second-order valence-electron chi connectivity index (χ2n) is 17.4. The number of nitrogens with zero attached hydrogens (tertiary/aromatic N) is 4. The first-order valence-electron chi connectivity index (χ1n) is 21.1. The van der Waals surface area contributed by atoms with Crippen LogP contribution in [0.1, 0.15) is 66.1 Å².